The SMILES string of the molecule is CCC1C2CNCC2CN1S(=O)(=O)CS(C)(=O)=O. The number of sulfonamides is 1. The van der Waals surface area contributed by atoms with Gasteiger partial charge in [0, 0.05) is 18.8 Å². The molecular weight excluding hydrogens is 276 g/mol. The largest absolute Gasteiger partial charge is 0.316 e. The zero-order chi connectivity index (χ0) is 13.6. The van der Waals surface area contributed by atoms with Crippen LogP contribution in [-0.2, 0) is 19.9 Å². The third-order valence-corrected chi connectivity index (χ3v) is 7.85. The van der Waals surface area contributed by atoms with Crippen LogP contribution in [-0.4, -0.2) is 58.2 Å². The molecule has 3 atom stereocenters. The van der Waals surface area contributed by atoms with Gasteiger partial charge < -0.3 is 5.32 Å². The Morgan fingerprint density at radius 2 is 1.89 bits per heavy atom. The molecule has 2 heterocycles. The summed E-state index contributed by atoms with van der Waals surface area (Å²) in [6, 6.07) is -0.0586. The number of nitrogens with one attached hydrogen (secondary N) is 1. The van der Waals surface area contributed by atoms with Crippen molar-refractivity contribution in [2.24, 2.45) is 11.8 Å². The van der Waals surface area contributed by atoms with E-state index in [0.29, 0.717) is 18.4 Å². The molecule has 3 unspecified atom stereocenters. The fourth-order valence-corrected chi connectivity index (χ4v) is 6.99. The summed E-state index contributed by atoms with van der Waals surface area (Å²) in [5, 5.41) is 2.49. The third-order valence-electron chi connectivity index (χ3n) is 3.81. The lowest BCUT2D eigenvalue weighted by Crippen LogP contribution is -2.41. The third kappa shape index (κ3) is 2.71. The Hall–Kier alpha value is -0.180. The average molecular weight is 296 g/mol. The smallest absolute Gasteiger partial charge is 0.228 e. The zero-order valence-corrected chi connectivity index (χ0v) is 12.3. The molecule has 0 aromatic rings. The van der Waals surface area contributed by atoms with Crippen molar-refractivity contribution < 1.29 is 16.8 Å². The molecule has 2 fully saturated rings. The molecule has 2 aliphatic rings. The molecule has 2 rings (SSSR count). The summed E-state index contributed by atoms with van der Waals surface area (Å²) in [6.07, 6.45) is 1.69. The van der Waals surface area contributed by atoms with Gasteiger partial charge in [-0.15, -0.1) is 0 Å². The van der Waals surface area contributed by atoms with Gasteiger partial charge in [-0.05, 0) is 31.3 Å². The Labute approximate surface area is 109 Å². The van der Waals surface area contributed by atoms with Crippen LogP contribution < -0.4 is 5.32 Å². The molecule has 0 saturated carbocycles. The number of fused-ring (bicyclic) bond motifs is 1. The highest BCUT2D eigenvalue weighted by atomic mass is 32.3. The van der Waals surface area contributed by atoms with Crippen LogP contribution in [0.25, 0.3) is 0 Å². The van der Waals surface area contributed by atoms with Gasteiger partial charge in [0.05, 0.1) is 0 Å². The summed E-state index contributed by atoms with van der Waals surface area (Å²) in [5.74, 6) is 0.647. The van der Waals surface area contributed by atoms with Crippen LogP contribution in [0.15, 0.2) is 0 Å². The maximum absolute atomic E-state index is 12.2. The van der Waals surface area contributed by atoms with Gasteiger partial charge in [-0.2, -0.15) is 4.31 Å². The first-order valence-corrected chi connectivity index (χ1v) is 9.79. The van der Waals surface area contributed by atoms with E-state index in [2.05, 4.69) is 5.32 Å². The minimum Gasteiger partial charge on any atom is -0.316 e. The van der Waals surface area contributed by atoms with Crippen molar-refractivity contribution in [2.45, 2.75) is 19.4 Å². The fourth-order valence-electron chi connectivity index (χ4n) is 3.15. The van der Waals surface area contributed by atoms with E-state index >= 15 is 0 Å². The molecule has 106 valence electrons. The first kappa shape index (κ1) is 14.2. The quantitative estimate of drug-likeness (QED) is 0.738. The van der Waals surface area contributed by atoms with Crippen LogP contribution in [0.5, 0.6) is 0 Å². The molecule has 0 aliphatic carbocycles. The van der Waals surface area contributed by atoms with E-state index < -0.39 is 24.9 Å². The number of sulfone groups is 1. The van der Waals surface area contributed by atoms with E-state index in [1.807, 2.05) is 6.92 Å². The first-order valence-electron chi connectivity index (χ1n) is 6.12. The molecule has 0 radical (unpaired) electrons. The molecular formula is C10H20N2O4S2. The van der Waals surface area contributed by atoms with Crippen molar-refractivity contribution in [1.29, 1.82) is 0 Å². The Morgan fingerprint density at radius 3 is 2.44 bits per heavy atom. The van der Waals surface area contributed by atoms with Gasteiger partial charge in [0.15, 0.2) is 14.9 Å². The predicted molar refractivity (Wildman–Crippen MR) is 69.3 cm³/mol. The zero-order valence-electron chi connectivity index (χ0n) is 10.7. The minimum absolute atomic E-state index is 0.0586. The molecule has 0 aromatic heterocycles. The van der Waals surface area contributed by atoms with Crippen molar-refractivity contribution in [3.05, 3.63) is 0 Å². The van der Waals surface area contributed by atoms with E-state index in [1.165, 1.54) is 4.31 Å². The van der Waals surface area contributed by atoms with Crippen LogP contribution in [0, 0.1) is 11.8 Å². The van der Waals surface area contributed by atoms with Crippen LogP contribution in [0.3, 0.4) is 0 Å². The Balaban J connectivity index is 2.23. The van der Waals surface area contributed by atoms with Gasteiger partial charge in [-0.1, -0.05) is 6.92 Å². The molecule has 18 heavy (non-hydrogen) atoms. The van der Waals surface area contributed by atoms with Gasteiger partial charge in [0.2, 0.25) is 10.0 Å². The monoisotopic (exact) mass is 296 g/mol. The van der Waals surface area contributed by atoms with Crippen LogP contribution in [0.1, 0.15) is 13.3 Å². The summed E-state index contributed by atoms with van der Waals surface area (Å²) in [6.45, 7) is 4.06. The fraction of sp³-hybridized carbons (Fsp3) is 1.00. The molecule has 0 aromatic carbocycles. The highest BCUT2D eigenvalue weighted by Crippen LogP contribution is 2.36. The summed E-state index contributed by atoms with van der Waals surface area (Å²) in [5.41, 5.74) is 0. The molecule has 6 nitrogen and oxygen atoms in total. The standard InChI is InChI=1S/C10H20N2O4S2/c1-3-10-9-5-11-4-8(9)6-12(10)18(15,16)7-17(2,13)14/h8-11H,3-7H2,1-2H3. The molecule has 2 saturated heterocycles. The van der Waals surface area contributed by atoms with Gasteiger partial charge in [0.25, 0.3) is 0 Å². The highest BCUT2D eigenvalue weighted by Gasteiger charge is 2.48. The predicted octanol–water partition coefficient (Wildman–Crippen LogP) is -0.752. The number of hydrogen-bond donors (Lipinski definition) is 1. The normalized spacial score (nSPS) is 33.8. The topological polar surface area (TPSA) is 83.6 Å². The van der Waals surface area contributed by atoms with Crippen LogP contribution in [0.2, 0.25) is 0 Å². The molecule has 2 aliphatic heterocycles. The van der Waals surface area contributed by atoms with Gasteiger partial charge >= 0.3 is 0 Å². The van der Waals surface area contributed by atoms with E-state index in [4.69, 9.17) is 0 Å². The lowest BCUT2D eigenvalue weighted by molar-refractivity contribution is 0.330. The van der Waals surface area contributed by atoms with E-state index in [0.717, 1.165) is 25.8 Å². The van der Waals surface area contributed by atoms with Crippen LogP contribution in [0.4, 0.5) is 0 Å². The Bertz CT molecular complexity index is 514. The van der Waals surface area contributed by atoms with Crippen molar-refractivity contribution >= 4 is 19.9 Å². The Kier molecular flexibility index (Phi) is 3.74. The second kappa shape index (κ2) is 4.73. The van der Waals surface area contributed by atoms with Crippen molar-refractivity contribution in [3.63, 3.8) is 0 Å². The van der Waals surface area contributed by atoms with Gasteiger partial charge in [0.1, 0.15) is 0 Å². The second-order valence-electron chi connectivity index (χ2n) is 5.28. The van der Waals surface area contributed by atoms with Gasteiger partial charge in [-0.25, -0.2) is 16.8 Å². The molecule has 0 spiro atoms. The molecule has 0 amide bonds. The second-order valence-corrected chi connectivity index (χ2v) is 9.71. The minimum atomic E-state index is -3.70. The number of nitrogens with zero attached hydrogens (tertiary/aromatic N) is 1. The van der Waals surface area contributed by atoms with Crippen molar-refractivity contribution in [3.8, 4) is 0 Å². The highest BCUT2D eigenvalue weighted by molar-refractivity contribution is 8.06. The van der Waals surface area contributed by atoms with Crippen molar-refractivity contribution in [2.75, 3.05) is 31.0 Å². The lowest BCUT2D eigenvalue weighted by Gasteiger charge is -2.25. The van der Waals surface area contributed by atoms with E-state index in [-0.39, 0.29) is 6.04 Å². The van der Waals surface area contributed by atoms with E-state index in [9.17, 15) is 16.8 Å². The maximum Gasteiger partial charge on any atom is 0.228 e. The molecule has 1 N–H and O–H groups in total. The number of rotatable bonds is 4. The summed E-state index contributed by atoms with van der Waals surface area (Å²) in [7, 11) is -7.22. The maximum atomic E-state index is 12.2. The van der Waals surface area contributed by atoms with E-state index in [1.54, 1.807) is 0 Å². The average Bonchev–Trinajstić information content (AvgIpc) is 2.71. The van der Waals surface area contributed by atoms with Gasteiger partial charge in [-0.3, -0.25) is 0 Å². The summed E-state index contributed by atoms with van der Waals surface area (Å²) < 4.78 is 48.2. The summed E-state index contributed by atoms with van der Waals surface area (Å²) >= 11 is 0. The summed E-state index contributed by atoms with van der Waals surface area (Å²) in [4.78, 5) is 0. The van der Waals surface area contributed by atoms with Crippen LogP contribution >= 0.6 is 0 Å². The lowest BCUT2D eigenvalue weighted by atomic mass is 9.93. The molecule has 0 bridgehead atoms. The number of hydrogen-bond acceptors (Lipinski definition) is 5. The first-order chi connectivity index (χ1) is 8.24. The Morgan fingerprint density at radius 1 is 1.22 bits per heavy atom. The van der Waals surface area contributed by atoms with Crippen molar-refractivity contribution in [1.82, 2.24) is 9.62 Å². The molecule has 8 heteroatoms.